The summed E-state index contributed by atoms with van der Waals surface area (Å²) in [7, 11) is 1.49. The van der Waals surface area contributed by atoms with Crippen LogP contribution < -0.4 is 10.1 Å². The molecule has 0 spiro atoms. The number of hydrogen-bond acceptors (Lipinski definition) is 5. The fraction of sp³-hybridized carbons (Fsp3) is 0.480. The summed E-state index contributed by atoms with van der Waals surface area (Å²) < 4.78 is 32.7. The molecule has 7 nitrogen and oxygen atoms in total. The van der Waals surface area contributed by atoms with Crippen molar-refractivity contribution < 1.29 is 17.9 Å². The molecule has 0 radical (unpaired) electrons. The maximum absolute atomic E-state index is 13.1. The highest BCUT2D eigenvalue weighted by atomic mass is 32.2. The maximum Gasteiger partial charge on any atom is 0.243 e. The topological polar surface area (TPSA) is 79.0 Å². The van der Waals surface area contributed by atoms with Crippen LogP contribution in [0.5, 0.6) is 5.75 Å². The van der Waals surface area contributed by atoms with Crippen molar-refractivity contribution in [3.05, 3.63) is 58.1 Å². The number of nitrogens with zero attached hydrogens (tertiary/aromatic N) is 2. The van der Waals surface area contributed by atoms with Gasteiger partial charge in [-0.15, -0.1) is 0 Å². The van der Waals surface area contributed by atoms with E-state index in [2.05, 4.69) is 35.5 Å². The Bertz CT molecular complexity index is 1090. The molecule has 0 unspecified atom stereocenters. The molecular formula is C25H35N3O4S. The van der Waals surface area contributed by atoms with Crippen LogP contribution in [0.25, 0.3) is 0 Å². The molecule has 0 saturated heterocycles. The maximum atomic E-state index is 13.1. The number of likely N-dealkylation sites (N-methyl/N-ethyl adjacent to an activating group) is 1. The van der Waals surface area contributed by atoms with Crippen molar-refractivity contribution >= 4 is 15.9 Å². The molecule has 0 bridgehead atoms. The van der Waals surface area contributed by atoms with Crippen molar-refractivity contribution in [3.63, 3.8) is 0 Å². The monoisotopic (exact) mass is 473 g/mol. The number of ether oxygens (including phenoxy) is 1. The number of aryl methyl sites for hydroxylation is 2. The van der Waals surface area contributed by atoms with E-state index >= 15 is 0 Å². The summed E-state index contributed by atoms with van der Waals surface area (Å²) in [5.41, 5.74) is 5.04. The quantitative estimate of drug-likeness (QED) is 0.638. The largest absolute Gasteiger partial charge is 0.497 e. The number of fused-ring (bicyclic) bond motifs is 1. The summed E-state index contributed by atoms with van der Waals surface area (Å²) in [5.74, 6) is 0.450. The second-order valence-electron chi connectivity index (χ2n) is 8.85. The molecule has 0 fully saturated rings. The van der Waals surface area contributed by atoms with Crippen LogP contribution in [-0.2, 0) is 34.2 Å². The van der Waals surface area contributed by atoms with Crippen LogP contribution in [-0.4, -0.2) is 64.4 Å². The molecule has 1 aliphatic heterocycles. The molecule has 3 rings (SSSR count). The van der Waals surface area contributed by atoms with E-state index in [9.17, 15) is 13.2 Å². The number of carbonyl (C=O) groups is 1. The predicted octanol–water partition coefficient (Wildman–Crippen LogP) is 2.67. The molecule has 33 heavy (non-hydrogen) atoms. The second-order valence-corrected chi connectivity index (χ2v) is 10.8. The molecule has 2 aromatic rings. The lowest BCUT2D eigenvalue weighted by Crippen LogP contribution is -2.33. The first-order valence-corrected chi connectivity index (χ1v) is 12.7. The lowest BCUT2D eigenvalue weighted by atomic mass is 10.00. The number of methoxy groups -OCH3 is 1. The van der Waals surface area contributed by atoms with Crippen LogP contribution in [0, 0.1) is 13.8 Å². The number of sulfonamides is 1. The molecule has 0 saturated carbocycles. The Morgan fingerprint density at radius 3 is 2.36 bits per heavy atom. The van der Waals surface area contributed by atoms with Gasteiger partial charge in [0.1, 0.15) is 5.75 Å². The van der Waals surface area contributed by atoms with E-state index in [1.54, 1.807) is 33.1 Å². The predicted molar refractivity (Wildman–Crippen MR) is 130 cm³/mol. The molecule has 1 N–H and O–H groups in total. The minimum Gasteiger partial charge on any atom is -0.497 e. The van der Waals surface area contributed by atoms with E-state index in [1.165, 1.54) is 22.5 Å². The van der Waals surface area contributed by atoms with E-state index in [4.69, 9.17) is 4.74 Å². The highest BCUT2D eigenvalue weighted by Crippen LogP contribution is 2.27. The molecular weight excluding hydrogens is 438 g/mol. The Morgan fingerprint density at radius 2 is 1.73 bits per heavy atom. The number of carbonyl (C=O) groups excluding carboxylic acids is 1. The van der Waals surface area contributed by atoms with Gasteiger partial charge in [-0.1, -0.05) is 18.2 Å². The van der Waals surface area contributed by atoms with Gasteiger partial charge < -0.3 is 15.0 Å². The first kappa shape index (κ1) is 25.2. The average molecular weight is 474 g/mol. The smallest absolute Gasteiger partial charge is 0.243 e. The van der Waals surface area contributed by atoms with Gasteiger partial charge in [0.2, 0.25) is 15.9 Å². The zero-order chi connectivity index (χ0) is 24.2. The third-order valence-corrected chi connectivity index (χ3v) is 8.44. The summed E-state index contributed by atoms with van der Waals surface area (Å²) >= 11 is 0. The molecule has 0 aliphatic carbocycles. The molecule has 1 amide bonds. The molecule has 1 heterocycles. The summed E-state index contributed by atoms with van der Waals surface area (Å²) in [6, 6.07) is 9.82. The van der Waals surface area contributed by atoms with E-state index in [-0.39, 0.29) is 23.8 Å². The van der Waals surface area contributed by atoms with Crippen LogP contribution in [0.4, 0.5) is 0 Å². The Labute approximate surface area is 197 Å². The zero-order valence-corrected chi connectivity index (χ0v) is 21.1. The van der Waals surface area contributed by atoms with Crippen molar-refractivity contribution in [3.8, 4) is 5.75 Å². The molecule has 180 valence electrons. The van der Waals surface area contributed by atoms with Crippen molar-refractivity contribution in [1.29, 1.82) is 0 Å². The summed E-state index contributed by atoms with van der Waals surface area (Å²) in [6.07, 6.45) is 2.16. The van der Waals surface area contributed by atoms with Crippen LogP contribution in [0.15, 0.2) is 35.2 Å². The van der Waals surface area contributed by atoms with Gasteiger partial charge in [-0.05, 0) is 73.7 Å². The van der Waals surface area contributed by atoms with E-state index in [0.717, 1.165) is 31.5 Å². The number of amides is 1. The van der Waals surface area contributed by atoms with Crippen LogP contribution in [0.1, 0.15) is 34.2 Å². The first-order chi connectivity index (χ1) is 15.6. The van der Waals surface area contributed by atoms with Crippen molar-refractivity contribution in [1.82, 2.24) is 14.5 Å². The SMILES string of the molecule is COc1cc(C)c(S(=O)(=O)N(C)CCC(=O)NCc2ccc3c(c2)CCN(C)CC3)c(C)c1. The number of hydrogen-bond donors (Lipinski definition) is 1. The lowest BCUT2D eigenvalue weighted by Gasteiger charge is -2.20. The Kier molecular flexibility index (Phi) is 8.15. The van der Waals surface area contributed by atoms with Gasteiger partial charge in [-0.25, -0.2) is 12.7 Å². The van der Waals surface area contributed by atoms with E-state index < -0.39 is 10.0 Å². The molecule has 1 aliphatic rings. The fourth-order valence-electron chi connectivity index (χ4n) is 4.26. The number of benzene rings is 2. The van der Waals surface area contributed by atoms with Crippen molar-refractivity contribution in [2.24, 2.45) is 0 Å². The lowest BCUT2D eigenvalue weighted by molar-refractivity contribution is -0.121. The normalized spacial score (nSPS) is 14.6. The fourth-order valence-corrected chi connectivity index (χ4v) is 5.83. The Balaban J connectivity index is 1.57. The van der Waals surface area contributed by atoms with Gasteiger partial charge in [0.05, 0.1) is 12.0 Å². The van der Waals surface area contributed by atoms with Crippen LogP contribution in [0.3, 0.4) is 0 Å². The van der Waals surface area contributed by atoms with Crippen molar-refractivity contribution in [2.45, 2.75) is 44.6 Å². The minimum absolute atomic E-state index is 0.0969. The second kappa shape index (κ2) is 10.7. The molecule has 8 heteroatoms. The summed E-state index contributed by atoms with van der Waals surface area (Å²) in [4.78, 5) is 15.0. The number of nitrogens with one attached hydrogen (secondary N) is 1. The van der Waals surface area contributed by atoms with Gasteiger partial charge >= 0.3 is 0 Å². The van der Waals surface area contributed by atoms with Gasteiger partial charge in [0.25, 0.3) is 0 Å². The Hall–Kier alpha value is -2.42. The molecule has 0 atom stereocenters. The van der Waals surface area contributed by atoms with Crippen molar-refractivity contribution in [2.75, 3.05) is 40.8 Å². The number of rotatable bonds is 8. The van der Waals surface area contributed by atoms with Crippen LogP contribution >= 0.6 is 0 Å². The van der Waals surface area contributed by atoms with E-state index in [0.29, 0.717) is 23.4 Å². The third kappa shape index (κ3) is 6.13. The average Bonchev–Trinajstić information content (AvgIpc) is 2.96. The minimum atomic E-state index is -3.71. The Morgan fingerprint density at radius 1 is 1.09 bits per heavy atom. The van der Waals surface area contributed by atoms with E-state index in [1.807, 2.05) is 0 Å². The summed E-state index contributed by atoms with van der Waals surface area (Å²) in [5, 5.41) is 2.93. The standard InChI is InChI=1S/C25H35N3O4S/c1-18-14-23(32-5)15-19(2)25(18)33(30,31)28(4)13-10-24(29)26-17-20-6-7-21-8-11-27(3)12-9-22(21)16-20/h6-7,14-16H,8-13,17H2,1-5H3,(H,26,29). The highest BCUT2D eigenvalue weighted by molar-refractivity contribution is 7.89. The van der Waals surface area contributed by atoms with Gasteiger partial charge in [0, 0.05) is 39.6 Å². The van der Waals surface area contributed by atoms with Gasteiger partial charge in [-0.2, -0.15) is 0 Å². The van der Waals surface area contributed by atoms with Gasteiger partial charge in [-0.3, -0.25) is 4.79 Å². The first-order valence-electron chi connectivity index (χ1n) is 11.3. The molecule has 2 aromatic carbocycles. The zero-order valence-electron chi connectivity index (χ0n) is 20.3. The summed E-state index contributed by atoms with van der Waals surface area (Å²) in [6.45, 7) is 6.15. The van der Waals surface area contributed by atoms with Gasteiger partial charge in [0.15, 0.2) is 0 Å². The van der Waals surface area contributed by atoms with Crippen LogP contribution in [0.2, 0.25) is 0 Å². The third-order valence-electron chi connectivity index (χ3n) is 6.28. The highest BCUT2D eigenvalue weighted by Gasteiger charge is 2.25. The molecule has 0 aromatic heterocycles.